The van der Waals surface area contributed by atoms with Gasteiger partial charge in [-0.3, -0.25) is 0 Å². The highest BCUT2D eigenvalue weighted by molar-refractivity contribution is 5.65. The van der Waals surface area contributed by atoms with Gasteiger partial charge in [0.2, 0.25) is 0 Å². The molecule has 19 heavy (non-hydrogen) atoms. The highest BCUT2D eigenvalue weighted by Gasteiger charge is 2.08. The summed E-state index contributed by atoms with van der Waals surface area (Å²) in [7, 11) is 0. The number of anilines is 2. The van der Waals surface area contributed by atoms with Crippen LogP contribution in [0.15, 0.2) is 42.5 Å². The highest BCUT2D eigenvalue weighted by atomic mass is 15.1. The van der Waals surface area contributed by atoms with Gasteiger partial charge in [-0.05, 0) is 62.2 Å². The summed E-state index contributed by atoms with van der Waals surface area (Å²) in [5.74, 6) is 0. The van der Waals surface area contributed by atoms with Crippen molar-refractivity contribution in [2.75, 3.05) is 11.4 Å². The van der Waals surface area contributed by atoms with Crippen molar-refractivity contribution in [3.05, 3.63) is 59.2 Å². The summed E-state index contributed by atoms with van der Waals surface area (Å²) < 4.78 is 0. The van der Waals surface area contributed by atoms with Crippen LogP contribution in [0.3, 0.4) is 0 Å². The Morgan fingerprint density at radius 1 is 1.05 bits per heavy atom. The van der Waals surface area contributed by atoms with Crippen molar-refractivity contribution in [2.24, 2.45) is 0 Å². The molecule has 0 aliphatic carbocycles. The van der Waals surface area contributed by atoms with Crippen LogP contribution in [0.1, 0.15) is 23.6 Å². The summed E-state index contributed by atoms with van der Waals surface area (Å²) in [6, 6.07) is 16.7. The SMILES string of the molecule is CCN(c1cccc(C)c1)c1ccc(C#N)c(C)c1. The van der Waals surface area contributed by atoms with Crippen LogP contribution in [-0.4, -0.2) is 6.54 Å². The van der Waals surface area contributed by atoms with Crippen LogP contribution in [0.5, 0.6) is 0 Å². The van der Waals surface area contributed by atoms with E-state index in [4.69, 9.17) is 5.26 Å². The first-order chi connectivity index (χ1) is 9.15. The summed E-state index contributed by atoms with van der Waals surface area (Å²) >= 11 is 0. The quantitative estimate of drug-likeness (QED) is 0.810. The molecule has 2 aromatic carbocycles. The predicted molar refractivity (Wildman–Crippen MR) is 79.8 cm³/mol. The van der Waals surface area contributed by atoms with E-state index in [9.17, 15) is 0 Å². The second-order valence-corrected chi connectivity index (χ2v) is 4.69. The van der Waals surface area contributed by atoms with Gasteiger partial charge in [0.05, 0.1) is 11.6 Å². The molecule has 2 aromatic rings. The van der Waals surface area contributed by atoms with Gasteiger partial charge in [-0.25, -0.2) is 0 Å². The fourth-order valence-corrected chi connectivity index (χ4v) is 2.25. The Labute approximate surface area is 114 Å². The van der Waals surface area contributed by atoms with Crippen molar-refractivity contribution in [3.8, 4) is 6.07 Å². The normalized spacial score (nSPS) is 10.0. The van der Waals surface area contributed by atoms with Gasteiger partial charge in [-0.15, -0.1) is 0 Å². The molecule has 2 rings (SSSR count). The Bertz CT molecular complexity index is 623. The zero-order chi connectivity index (χ0) is 13.8. The predicted octanol–water partition coefficient (Wildman–Crippen LogP) is 4.33. The fraction of sp³-hybridized carbons (Fsp3) is 0.235. The molecule has 0 radical (unpaired) electrons. The third kappa shape index (κ3) is 2.77. The second kappa shape index (κ2) is 5.58. The second-order valence-electron chi connectivity index (χ2n) is 4.69. The third-order valence-corrected chi connectivity index (χ3v) is 3.27. The Balaban J connectivity index is 2.43. The van der Waals surface area contributed by atoms with Crippen LogP contribution in [0.2, 0.25) is 0 Å². The highest BCUT2D eigenvalue weighted by Crippen LogP contribution is 2.27. The van der Waals surface area contributed by atoms with E-state index in [1.54, 1.807) is 0 Å². The average molecular weight is 250 g/mol. The molecule has 0 fully saturated rings. The molecule has 2 nitrogen and oxygen atoms in total. The molecule has 0 aromatic heterocycles. The van der Waals surface area contributed by atoms with Gasteiger partial charge < -0.3 is 4.90 Å². The van der Waals surface area contributed by atoms with E-state index in [2.05, 4.69) is 55.1 Å². The molecule has 0 bridgehead atoms. The van der Waals surface area contributed by atoms with Crippen LogP contribution >= 0.6 is 0 Å². The maximum Gasteiger partial charge on any atom is 0.0994 e. The lowest BCUT2D eigenvalue weighted by molar-refractivity contribution is 1.02. The van der Waals surface area contributed by atoms with Crippen LogP contribution in [-0.2, 0) is 0 Å². The van der Waals surface area contributed by atoms with Crippen molar-refractivity contribution in [1.82, 2.24) is 0 Å². The summed E-state index contributed by atoms with van der Waals surface area (Å²) in [5.41, 5.74) is 5.33. The monoisotopic (exact) mass is 250 g/mol. The average Bonchev–Trinajstić information content (AvgIpc) is 2.40. The van der Waals surface area contributed by atoms with Gasteiger partial charge in [0.15, 0.2) is 0 Å². The first kappa shape index (κ1) is 13.2. The van der Waals surface area contributed by atoms with Crippen LogP contribution in [0, 0.1) is 25.2 Å². The molecule has 0 spiro atoms. The van der Waals surface area contributed by atoms with Crippen LogP contribution < -0.4 is 4.90 Å². The molecular weight excluding hydrogens is 232 g/mol. The van der Waals surface area contributed by atoms with Gasteiger partial charge in [0.25, 0.3) is 0 Å². The molecule has 0 saturated heterocycles. The van der Waals surface area contributed by atoms with Gasteiger partial charge in [-0.2, -0.15) is 5.26 Å². The lowest BCUT2D eigenvalue weighted by Gasteiger charge is -2.24. The topological polar surface area (TPSA) is 27.0 Å². The number of benzene rings is 2. The third-order valence-electron chi connectivity index (χ3n) is 3.27. The Morgan fingerprint density at radius 2 is 1.79 bits per heavy atom. The number of hydrogen-bond acceptors (Lipinski definition) is 2. The first-order valence-corrected chi connectivity index (χ1v) is 6.50. The van der Waals surface area contributed by atoms with Crippen molar-refractivity contribution in [2.45, 2.75) is 20.8 Å². The zero-order valence-corrected chi connectivity index (χ0v) is 11.6. The molecule has 0 aliphatic heterocycles. The number of nitrogens with zero attached hydrogens (tertiary/aromatic N) is 2. The minimum Gasteiger partial charge on any atom is -0.342 e. The molecule has 0 atom stereocenters. The Hall–Kier alpha value is -2.27. The Morgan fingerprint density at radius 3 is 2.37 bits per heavy atom. The molecule has 0 amide bonds. The van der Waals surface area contributed by atoms with E-state index in [0.717, 1.165) is 23.4 Å². The number of aryl methyl sites for hydroxylation is 2. The summed E-state index contributed by atoms with van der Waals surface area (Å²) in [6.07, 6.45) is 0. The number of nitriles is 1. The maximum atomic E-state index is 8.99. The van der Waals surface area contributed by atoms with E-state index < -0.39 is 0 Å². The van der Waals surface area contributed by atoms with Gasteiger partial charge in [0, 0.05) is 17.9 Å². The van der Waals surface area contributed by atoms with Gasteiger partial charge in [-0.1, -0.05) is 12.1 Å². The fourth-order valence-electron chi connectivity index (χ4n) is 2.25. The smallest absolute Gasteiger partial charge is 0.0994 e. The first-order valence-electron chi connectivity index (χ1n) is 6.50. The summed E-state index contributed by atoms with van der Waals surface area (Å²) in [6.45, 7) is 7.11. The molecule has 0 unspecified atom stereocenters. The van der Waals surface area contributed by atoms with E-state index in [0.29, 0.717) is 0 Å². The maximum absolute atomic E-state index is 8.99. The van der Waals surface area contributed by atoms with E-state index in [-0.39, 0.29) is 0 Å². The molecule has 2 heteroatoms. The molecular formula is C17H18N2. The summed E-state index contributed by atoms with van der Waals surface area (Å²) in [4.78, 5) is 2.25. The van der Waals surface area contributed by atoms with Crippen molar-refractivity contribution < 1.29 is 0 Å². The molecule has 0 saturated carbocycles. The van der Waals surface area contributed by atoms with Gasteiger partial charge in [0.1, 0.15) is 0 Å². The lowest BCUT2D eigenvalue weighted by Crippen LogP contribution is -2.16. The molecule has 0 N–H and O–H groups in total. The lowest BCUT2D eigenvalue weighted by atomic mass is 10.1. The van der Waals surface area contributed by atoms with Crippen LogP contribution in [0.4, 0.5) is 11.4 Å². The van der Waals surface area contributed by atoms with Crippen LogP contribution in [0.25, 0.3) is 0 Å². The number of rotatable bonds is 3. The van der Waals surface area contributed by atoms with E-state index in [1.807, 2.05) is 19.1 Å². The largest absolute Gasteiger partial charge is 0.342 e. The number of hydrogen-bond donors (Lipinski definition) is 0. The Kier molecular flexibility index (Phi) is 3.87. The summed E-state index contributed by atoms with van der Waals surface area (Å²) in [5, 5.41) is 8.99. The van der Waals surface area contributed by atoms with E-state index >= 15 is 0 Å². The van der Waals surface area contributed by atoms with Gasteiger partial charge >= 0.3 is 0 Å². The molecule has 0 heterocycles. The standard InChI is InChI=1S/C17H18N2/c1-4-19(16-7-5-6-13(2)10-16)17-9-8-15(12-18)14(3)11-17/h5-11H,4H2,1-3H3. The minimum absolute atomic E-state index is 0.740. The molecule has 96 valence electrons. The van der Waals surface area contributed by atoms with E-state index in [1.165, 1.54) is 11.3 Å². The zero-order valence-electron chi connectivity index (χ0n) is 11.6. The molecule has 0 aliphatic rings. The van der Waals surface area contributed by atoms with Crippen molar-refractivity contribution in [3.63, 3.8) is 0 Å². The van der Waals surface area contributed by atoms with Crippen molar-refractivity contribution in [1.29, 1.82) is 5.26 Å². The minimum atomic E-state index is 0.740. The van der Waals surface area contributed by atoms with Crippen molar-refractivity contribution >= 4 is 11.4 Å².